The smallest absolute Gasteiger partial charge is 0.244 e. The highest BCUT2D eigenvalue weighted by Crippen LogP contribution is 2.30. The first kappa shape index (κ1) is 21.2. The molecule has 1 N–H and O–H groups in total. The Morgan fingerprint density at radius 2 is 2.00 bits per heavy atom. The van der Waals surface area contributed by atoms with Gasteiger partial charge in [-0.1, -0.05) is 38.5 Å². The lowest BCUT2D eigenvalue weighted by atomic mass is 9.78. The lowest BCUT2D eigenvalue weighted by Crippen LogP contribution is -2.46. The molecule has 1 aliphatic rings. The van der Waals surface area contributed by atoms with Crippen LogP contribution in [0.5, 0.6) is 0 Å². The maximum atomic E-state index is 12.5. The van der Waals surface area contributed by atoms with Crippen LogP contribution < -0.4 is 5.32 Å². The molecule has 26 heavy (non-hydrogen) atoms. The van der Waals surface area contributed by atoms with Gasteiger partial charge in [0.15, 0.2) is 0 Å². The Balaban J connectivity index is 1.96. The molecule has 0 saturated heterocycles. The summed E-state index contributed by atoms with van der Waals surface area (Å²) in [6.07, 6.45) is 4.75. The molecule has 6 nitrogen and oxygen atoms in total. The Morgan fingerprint density at radius 3 is 2.58 bits per heavy atom. The van der Waals surface area contributed by atoms with Gasteiger partial charge in [0.1, 0.15) is 4.90 Å². The molecule has 4 atom stereocenters. The highest BCUT2D eigenvalue weighted by molar-refractivity contribution is 8.00. The van der Waals surface area contributed by atoms with Crippen molar-refractivity contribution in [2.24, 2.45) is 11.8 Å². The summed E-state index contributed by atoms with van der Waals surface area (Å²) in [6, 6.07) is 3.41. The van der Waals surface area contributed by atoms with Crippen molar-refractivity contribution < 1.29 is 13.2 Å². The van der Waals surface area contributed by atoms with E-state index < -0.39 is 10.0 Å². The lowest BCUT2D eigenvalue weighted by Gasteiger charge is -2.35. The van der Waals surface area contributed by atoms with E-state index in [1.54, 1.807) is 6.07 Å². The van der Waals surface area contributed by atoms with Crippen LogP contribution >= 0.6 is 11.8 Å². The molecule has 0 aromatic carbocycles. The number of amides is 1. The molecule has 8 heteroatoms. The van der Waals surface area contributed by atoms with E-state index in [0.717, 1.165) is 17.1 Å². The summed E-state index contributed by atoms with van der Waals surface area (Å²) >= 11 is 1.34. The molecule has 1 amide bonds. The van der Waals surface area contributed by atoms with E-state index in [2.05, 4.69) is 24.1 Å². The lowest BCUT2D eigenvalue weighted by molar-refractivity contribution is -0.121. The Kier molecular flexibility index (Phi) is 7.10. The summed E-state index contributed by atoms with van der Waals surface area (Å²) in [5.74, 6) is 1.12. The average Bonchev–Trinajstić information content (AvgIpc) is 2.59. The van der Waals surface area contributed by atoms with Crippen LogP contribution in [0.15, 0.2) is 28.3 Å². The highest BCUT2D eigenvalue weighted by atomic mass is 32.2. The van der Waals surface area contributed by atoms with E-state index >= 15 is 0 Å². The van der Waals surface area contributed by atoms with Crippen LogP contribution in [0.3, 0.4) is 0 Å². The second kappa shape index (κ2) is 8.71. The van der Waals surface area contributed by atoms with Gasteiger partial charge < -0.3 is 5.32 Å². The summed E-state index contributed by atoms with van der Waals surface area (Å²) in [5, 5.41) is 3.53. The van der Waals surface area contributed by atoms with E-state index in [4.69, 9.17) is 0 Å². The van der Waals surface area contributed by atoms with Gasteiger partial charge in [-0.2, -0.15) is 0 Å². The van der Waals surface area contributed by atoms with Crippen LogP contribution in [-0.4, -0.2) is 49.0 Å². The van der Waals surface area contributed by atoms with Gasteiger partial charge in [0.25, 0.3) is 0 Å². The maximum Gasteiger partial charge on any atom is 0.244 e. The number of nitrogens with one attached hydrogen (secondary N) is 1. The number of nitrogens with zero attached hydrogens (tertiary/aromatic N) is 2. The minimum Gasteiger partial charge on any atom is -0.352 e. The SMILES string of the molecule is C[C@@H]1[C@@H](C)CCC[C@H]1NC(=O)[C@@H](C)Sc1ccc(S(=O)(=O)N(C)C)cn1. The standard InChI is InChI=1S/C18H29N3O3S2/c1-12-7-6-8-16(13(12)2)20-18(22)14(3)25-17-10-9-15(11-19-17)26(23,24)21(4)5/h9-14,16H,6-8H2,1-5H3,(H,20,22)/t12-,13+,14+,16+/m0/s1. The van der Waals surface area contributed by atoms with Crippen molar-refractivity contribution in [1.29, 1.82) is 0 Å². The van der Waals surface area contributed by atoms with E-state index in [1.807, 2.05) is 6.92 Å². The minimum absolute atomic E-state index is 0.00717. The molecule has 1 aromatic heterocycles. The predicted molar refractivity (Wildman–Crippen MR) is 105 cm³/mol. The van der Waals surface area contributed by atoms with Gasteiger partial charge >= 0.3 is 0 Å². The van der Waals surface area contributed by atoms with Crippen molar-refractivity contribution in [1.82, 2.24) is 14.6 Å². The van der Waals surface area contributed by atoms with Crippen LogP contribution in [0, 0.1) is 11.8 Å². The van der Waals surface area contributed by atoms with Crippen molar-refractivity contribution in [3.05, 3.63) is 18.3 Å². The normalized spacial score (nSPS) is 25.1. The van der Waals surface area contributed by atoms with Gasteiger partial charge in [-0.3, -0.25) is 4.79 Å². The largest absolute Gasteiger partial charge is 0.352 e. The van der Waals surface area contributed by atoms with Crippen LogP contribution in [0.25, 0.3) is 0 Å². The Hall–Kier alpha value is -1.12. The number of pyridine rings is 1. The molecule has 1 aromatic rings. The van der Waals surface area contributed by atoms with Gasteiger partial charge in [-0.25, -0.2) is 17.7 Å². The molecule has 0 bridgehead atoms. The van der Waals surface area contributed by atoms with Gasteiger partial charge in [-0.05, 0) is 37.3 Å². The quantitative estimate of drug-likeness (QED) is 0.744. The van der Waals surface area contributed by atoms with Crippen LogP contribution in [0.1, 0.15) is 40.0 Å². The molecule has 1 saturated carbocycles. The van der Waals surface area contributed by atoms with Crippen molar-refractivity contribution in [3.63, 3.8) is 0 Å². The Labute approximate surface area is 161 Å². The summed E-state index contributed by atoms with van der Waals surface area (Å²) in [4.78, 5) is 16.9. The second-order valence-corrected chi connectivity index (χ2v) is 10.8. The number of aromatic nitrogens is 1. The van der Waals surface area contributed by atoms with Crippen molar-refractivity contribution in [3.8, 4) is 0 Å². The molecule has 0 unspecified atom stereocenters. The molecule has 0 spiro atoms. The zero-order valence-corrected chi connectivity index (χ0v) is 17.7. The Bertz CT molecular complexity index is 720. The van der Waals surface area contributed by atoms with Gasteiger partial charge in [0.05, 0.1) is 10.3 Å². The molecule has 1 fully saturated rings. The van der Waals surface area contributed by atoms with E-state index in [-0.39, 0.29) is 22.1 Å². The third kappa shape index (κ3) is 4.98. The van der Waals surface area contributed by atoms with Crippen LogP contribution in [-0.2, 0) is 14.8 Å². The van der Waals surface area contributed by atoms with Crippen LogP contribution in [0.4, 0.5) is 0 Å². The number of carbonyl (C=O) groups excluding carboxylic acids is 1. The molecule has 146 valence electrons. The number of hydrogen-bond acceptors (Lipinski definition) is 5. The predicted octanol–water partition coefficient (Wildman–Crippen LogP) is 2.75. The molecular weight excluding hydrogens is 370 g/mol. The summed E-state index contributed by atoms with van der Waals surface area (Å²) in [5.41, 5.74) is 0. The van der Waals surface area contributed by atoms with Crippen LogP contribution in [0.2, 0.25) is 0 Å². The topological polar surface area (TPSA) is 79.4 Å². The van der Waals surface area contributed by atoms with Crippen molar-refractivity contribution >= 4 is 27.7 Å². The molecule has 1 aliphatic carbocycles. The fraction of sp³-hybridized carbons (Fsp3) is 0.667. The summed E-state index contributed by atoms with van der Waals surface area (Å²) < 4.78 is 25.3. The first-order chi connectivity index (χ1) is 12.1. The van der Waals surface area contributed by atoms with Crippen molar-refractivity contribution in [2.75, 3.05) is 14.1 Å². The monoisotopic (exact) mass is 399 g/mol. The zero-order valence-electron chi connectivity index (χ0n) is 16.1. The van der Waals surface area contributed by atoms with Gasteiger partial charge in [0, 0.05) is 26.3 Å². The summed E-state index contributed by atoms with van der Waals surface area (Å²) in [6.45, 7) is 6.30. The van der Waals surface area contributed by atoms with Gasteiger partial charge in [0.2, 0.25) is 15.9 Å². The first-order valence-corrected chi connectivity index (χ1v) is 11.3. The number of sulfonamides is 1. The second-order valence-electron chi connectivity index (χ2n) is 7.26. The number of rotatable bonds is 6. The Morgan fingerprint density at radius 1 is 1.31 bits per heavy atom. The maximum absolute atomic E-state index is 12.5. The van der Waals surface area contributed by atoms with E-state index in [9.17, 15) is 13.2 Å². The minimum atomic E-state index is -3.49. The third-order valence-corrected chi connectivity index (χ3v) is 8.04. The van der Waals surface area contributed by atoms with E-state index in [0.29, 0.717) is 16.9 Å². The molecule has 0 radical (unpaired) electrons. The summed E-state index contributed by atoms with van der Waals surface area (Å²) in [7, 11) is -0.519. The molecule has 1 heterocycles. The number of hydrogen-bond donors (Lipinski definition) is 1. The zero-order chi connectivity index (χ0) is 19.5. The van der Waals surface area contributed by atoms with Gasteiger partial charge in [-0.15, -0.1) is 0 Å². The molecule has 0 aliphatic heterocycles. The fourth-order valence-corrected chi connectivity index (χ4v) is 4.77. The number of carbonyl (C=O) groups is 1. The average molecular weight is 400 g/mol. The van der Waals surface area contributed by atoms with Crippen molar-refractivity contribution in [2.45, 2.75) is 61.2 Å². The molecular formula is C18H29N3O3S2. The number of thioether (sulfide) groups is 1. The first-order valence-electron chi connectivity index (χ1n) is 8.98. The fourth-order valence-electron chi connectivity index (χ4n) is 3.12. The third-order valence-electron chi connectivity index (χ3n) is 5.19. The van der Waals surface area contributed by atoms with E-state index in [1.165, 1.54) is 44.5 Å². The highest BCUT2D eigenvalue weighted by Gasteiger charge is 2.29. The molecule has 2 rings (SSSR count).